The minimum atomic E-state index is -0.883. The molecular formula is C21H23ClN4O. The van der Waals surface area contributed by atoms with Crippen LogP contribution in [0, 0.1) is 0 Å². The highest BCUT2D eigenvalue weighted by Gasteiger charge is 2.39. The summed E-state index contributed by atoms with van der Waals surface area (Å²) >= 11 is 6.28. The Morgan fingerprint density at radius 1 is 1.33 bits per heavy atom. The number of aryl methyl sites for hydroxylation is 1. The zero-order valence-electron chi connectivity index (χ0n) is 15.6. The quantitative estimate of drug-likeness (QED) is 0.737. The first-order chi connectivity index (χ1) is 13.0. The Hall–Kier alpha value is -1.95. The van der Waals surface area contributed by atoms with E-state index in [-0.39, 0.29) is 0 Å². The first-order valence-electron chi connectivity index (χ1n) is 9.50. The molecule has 0 radical (unpaired) electrons. The standard InChI is InChI=1S/C21H23ClN4O/c1-13-19-16-9-15(22)11-24-20(16)26(18(19)5-8-25(13)2)12-21(27)6-3-14-10-23-7-4-17(14)21/h4,7,9-11,13,27H,3,5-6,8,12H2,1-2H3. The van der Waals surface area contributed by atoms with Crippen LogP contribution in [0.4, 0.5) is 0 Å². The fourth-order valence-corrected chi connectivity index (χ4v) is 5.02. The number of rotatable bonds is 2. The van der Waals surface area contributed by atoms with Crippen molar-refractivity contribution in [2.24, 2.45) is 0 Å². The lowest BCUT2D eigenvalue weighted by atomic mass is 9.95. The Morgan fingerprint density at radius 2 is 2.19 bits per heavy atom. The molecule has 0 amide bonds. The van der Waals surface area contributed by atoms with Crippen LogP contribution in [-0.4, -0.2) is 38.1 Å². The first-order valence-corrected chi connectivity index (χ1v) is 9.88. The molecule has 27 heavy (non-hydrogen) atoms. The second kappa shape index (κ2) is 6.03. The molecule has 2 aliphatic rings. The van der Waals surface area contributed by atoms with Crippen LogP contribution < -0.4 is 0 Å². The van der Waals surface area contributed by atoms with Crippen LogP contribution in [0.5, 0.6) is 0 Å². The maximum atomic E-state index is 11.5. The molecule has 5 nitrogen and oxygen atoms in total. The number of hydrogen-bond acceptors (Lipinski definition) is 4. The van der Waals surface area contributed by atoms with Gasteiger partial charge in [-0.3, -0.25) is 9.88 Å². The molecule has 1 aliphatic heterocycles. The molecule has 140 valence electrons. The summed E-state index contributed by atoms with van der Waals surface area (Å²) in [5, 5.41) is 13.3. The van der Waals surface area contributed by atoms with Crippen molar-refractivity contribution in [3.8, 4) is 0 Å². The van der Waals surface area contributed by atoms with Crippen LogP contribution in [0.3, 0.4) is 0 Å². The van der Waals surface area contributed by atoms with Gasteiger partial charge in [0.15, 0.2) is 0 Å². The lowest BCUT2D eigenvalue weighted by molar-refractivity contribution is 0.0203. The van der Waals surface area contributed by atoms with E-state index in [1.807, 2.05) is 18.3 Å². The lowest BCUT2D eigenvalue weighted by Crippen LogP contribution is -2.33. The summed E-state index contributed by atoms with van der Waals surface area (Å²) in [7, 11) is 2.16. The van der Waals surface area contributed by atoms with Crippen molar-refractivity contribution in [3.63, 3.8) is 0 Å². The van der Waals surface area contributed by atoms with E-state index in [4.69, 9.17) is 11.6 Å². The molecule has 0 saturated heterocycles. The predicted octanol–water partition coefficient (Wildman–Crippen LogP) is 3.47. The Bertz CT molecular complexity index is 1050. The van der Waals surface area contributed by atoms with E-state index in [1.54, 1.807) is 12.4 Å². The molecule has 1 aliphatic carbocycles. The Morgan fingerprint density at radius 3 is 3.04 bits per heavy atom. The summed E-state index contributed by atoms with van der Waals surface area (Å²) in [4.78, 5) is 11.2. The Labute approximate surface area is 163 Å². The van der Waals surface area contributed by atoms with Gasteiger partial charge in [-0.1, -0.05) is 11.6 Å². The molecule has 0 bridgehead atoms. The fraction of sp³-hybridized carbons (Fsp3) is 0.429. The highest BCUT2D eigenvalue weighted by Crippen LogP contribution is 2.42. The maximum Gasteiger partial charge on any atom is 0.140 e. The molecular weight excluding hydrogens is 360 g/mol. The van der Waals surface area contributed by atoms with Gasteiger partial charge in [0.25, 0.3) is 0 Å². The van der Waals surface area contributed by atoms with Crippen molar-refractivity contribution >= 4 is 22.6 Å². The second-order valence-corrected chi connectivity index (χ2v) is 8.38. The molecule has 0 saturated carbocycles. The fourth-order valence-electron chi connectivity index (χ4n) is 4.86. The van der Waals surface area contributed by atoms with Crippen molar-refractivity contribution in [2.45, 2.75) is 44.4 Å². The van der Waals surface area contributed by atoms with Crippen molar-refractivity contribution in [2.75, 3.05) is 13.6 Å². The van der Waals surface area contributed by atoms with Crippen molar-refractivity contribution < 1.29 is 5.11 Å². The van der Waals surface area contributed by atoms with Crippen LogP contribution >= 0.6 is 11.6 Å². The number of fused-ring (bicyclic) bond motifs is 4. The molecule has 1 N–H and O–H groups in total. The van der Waals surface area contributed by atoms with Gasteiger partial charge < -0.3 is 9.67 Å². The van der Waals surface area contributed by atoms with Crippen LogP contribution in [-0.2, 0) is 25.0 Å². The average molecular weight is 383 g/mol. The lowest BCUT2D eigenvalue weighted by Gasteiger charge is -2.32. The van der Waals surface area contributed by atoms with Gasteiger partial charge in [-0.05, 0) is 55.6 Å². The number of nitrogens with zero attached hydrogens (tertiary/aromatic N) is 4. The van der Waals surface area contributed by atoms with Gasteiger partial charge in [-0.25, -0.2) is 4.98 Å². The van der Waals surface area contributed by atoms with Gasteiger partial charge in [-0.15, -0.1) is 0 Å². The van der Waals surface area contributed by atoms with Gasteiger partial charge in [-0.2, -0.15) is 0 Å². The molecule has 3 aromatic rings. The SMILES string of the molecule is CC1c2c(n(CC3(O)CCc4cnccc43)c3ncc(Cl)cc23)CCN1C. The number of likely N-dealkylation sites (N-methyl/N-ethyl adjacent to an activating group) is 1. The van der Waals surface area contributed by atoms with Gasteiger partial charge in [0.1, 0.15) is 11.2 Å². The van der Waals surface area contributed by atoms with Crippen LogP contribution in [0.15, 0.2) is 30.7 Å². The van der Waals surface area contributed by atoms with Crippen LogP contribution in [0.2, 0.25) is 5.02 Å². The van der Waals surface area contributed by atoms with E-state index in [1.165, 1.54) is 11.3 Å². The first kappa shape index (κ1) is 17.2. The molecule has 6 heteroatoms. The van der Waals surface area contributed by atoms with E-state index < -0.39 is 5.60 Å². The minimum Gasteiger partial charge on any atom is -0.383 e. The summed E-state index contributed by atoms with van der Waals surface area (Å²) in [5.41, 5.74) is 4.76. The number of hydrogen-bond donors (Lipinski definition) is 1. The zero-order chi connectivity index (χ0) is 18.8. The maximum absolute atomic E-state index is 11.5. The third-order valence-corrected chi connectivity index (χ3v) is 6.64. The van der Waals surface area contributed by atoms with E-state index in [0.29, 0.717) is 24.0 Å². The minimum absolute atomic E-state index is 0.299. The predicted molar refractivity (Wildman–Crippen MR) is 106 cm³/mol. The summed E-state index contributed by atoms with van der Waals surface area (Å²) in [6, 6.07) is 4.28. The Balaban J connectivity index is 1.69. The molecule has 5 rings (SSSR count). The molecule has 0 aromatic carbocycles. The van der Waals surface area contributed by atoms with E-state index in [2.05, 4.69) is 33.4 Å². The third-order valence-electron chi connectivity index (χ3n) is 6.43. The van der Waals surface area contributed by atoms with Gasteiger partial charge in [0.2, 0.25) is 0 Å². The summed E-state index contributed by atoms with van der Waals surface area (Å²) < 4.78 is 2.24. The number of pyridine rings is 2. The van der Waals surface area contributed by atoms with E-state index in [0.717, 1.165) is 41.5 Å². The topological polar surface area (TPSA) is 54.2 Å². The summed E-state index contributed by atoms with van der Waals surface area (Å²) in [6.07, 6.45) is 7.88. The van der Waals surface area contributed by atoms with E-state index in [9.17, 15) is 5.11 Å². The van der Waals surface area contributed by atoms with E-state index >= 15 is 0 Å². The summed E-state index contributed by atoms with van der Waals surface area (Å²) in [6.45, 7) is 3.74. The molecule has 2 unspecified atom stereocenters. The van der Waals surface area contributed by atoms with Gasteiger partial charge in [0, 0.05) is 48.7 Å². The van der Waals surface area contributed by atoms with Crippen molar-refractivity contribution in [1.29, 1.82) is 0 Å². The third kappa shape index (κ3) is 2.53. The average Bonchev–Trinajstić information content (AvgIpc) is 3.15. The monoisotopic (exact) mass is 382 g/mol. The largest absolute Gasteiger partial charge is 0.383 e. The molecule has 3 aromatic heterocycles. The molecule has 2 atom stereocenters. The Kier molecular flexibility index (Phi) is 3.83. The van der Waals surface area contributed by atoms with Crippen molar-refractivity contribution in [3.05, 3.63) is 58.1 Å². The smallest absolute Gasteiger partial charge is 0.140 e. The highest BCUT2D eigenvalue weighted by atomic mass is 35.5. The summed E-state index contributed by atoms with van der Waals surface area (Å²) in [5.74, 6) is 0. The molecule has 0 fully saturated rings. The number of aliphatic hydroxyl groups is 1. The molecule has 4 heterocycles. The van der Waals surface area contributed by atoms with Gasteiger partial charge in [0.05, 0.1) is 11.6 Å². The normalized spacial score (nSPS) is 25.0. The van der Waals surface area contributed by atoms with Crippen LogP contribution in [0.25, 0.3) is 11.0 Å². The van der Waals surface area contributed by atoms with Crippen LogP contribution in [0.1, 0.15) is 41.8 Å². The number of halogens is 1. The van der Waals surface area contributed by atoms with Gasteiger partial charge >= 0.3 is 0 Å². The van der Waals surface area contributed by atoms with Crippen molar-refractivity contribution in [1.82, 2.24) is 19.4 Å². The molecule has 0 spiro atoms. The number of aromatic nitrogens is 3. The highest BCUT2D eigenvalue weighted by molar-refractivity contribution is 6.31. The second-order valence-electron chi connectivity index (χ2n) is 7.94. The zero-order valence-corrected chi connectivity index (χ0v) is 16.4.